The fourth-order valence-corrected chi connectivity index (χ4v) is 8.04. The molecule has 9 rings (SSSR count). The number of hydrogen-bond donors (Lipinski definition) is 0. The SMILES string of the molecule is [C-]#[N+]c1ccc2c(c1)-c1ccc(-c3nc(-c4ccc(-c5ccccc5)cc4)nc(-c4ccc(-c5ccccc5)cc4)n3)cc1C21CCCCC1. The van der Waals surface area contributed by atoms with Gasteiger partial charge in [-0.1, -0.05) is 153 Å². The smallest absolute Gasteiger partial charge is 0.187 e. The molecule has 0 saturated heterocycles. The number of hydrogen-bond acceptors (Lipinski definition) is 3. The second-order valence-corrected chi connectivity index (χ2v) is 13.4. The maximum atomic E-state index is 7.67. The molecule has 2 aliphatic rings. The zero-order valence-corrected chi connectivity index (χ0v) is 27.7. The van der Waals surface area contributed by atoms with Crippen LogP contribution in [-0.4, -0.2) is 15.0 Å². The van der Waals surface area contributed by atoms with Crippen LogP contribution in [-0.2, 0) is 5.41 Å². The quantitative estimate of drug-likeness (QED) is 0.175. The summed E-state index contributed by atoms with van der Waals surface area (Å²) in [7, 11) is 0. The van der Waals surface area contributed by atoms with Crippen molar-refractivity contribution < 1.29 is 0 Å². The van der Waals surface area contributed by atoms with Gasteiger partial charge in [0.1, 0.15) is 0 Å². The van der Waals surface area contributed by atoms with Crippen LogP contribution in [0.25, 0.3) is 72.4 Å². The van der Waals surface area contributed by atoms with Gasteiger partial charge in [-0.15, -0.1) is 0 Å². The van der Waals surface area contributed by atoms with Crippen LogP contribution in [0, 0.1) is 6.57 Å². The molecule has 2 aliphatic carbocycles. The molecular formula is C46H34N4. The monoisotopic (exact) mass is 642 g/mol. The van der Waals surface area contributed by atoms with Crippen LogP contribution in [0.4, 0.5) is 5.69 Å². The molecule has 0 aliphatic heterocycles. The zero-order chi connectivity index (χ0) is 33.5. The third-order valence-corrected chi connectivity index (χ3v) is 10.6. The molecule has 4 heteroatoms. The second kappa shape index (κ2) is 12.4. The van der Waals surface area contributed by atoms with Crippen LogP contribution in [0.1, 0.15) is 43.2 Å². The van der Waals surface area contributed by atoms with E-state index in [0.717, 1.165) is 40.7 Å². The summed E-state index contributed by atoms with van der Waals surface area (Å²) < 4.78 is 0. The average Bonchev–Trinajstić information content (AvgIpc) is 3.46. The Morgan fingerprint density at radius 2 is 0.900 bits per heavy atom. The molecule has 0 atom stereocenters. The van der Waals surface area contributed by atoms with Gasteiger partial charge in [-0.05, 0) is 69.5 Å². The number of nitrogens with zero attached hydrogens (tertiary/aromatic N) is 4. The number of rotatable bonds is 5. The first-order valence-corrected chi connectivity index (χ1v) is 17.4. The second-order valence-electron chi connectivity index (χ2n) is 13.4. The number of aromatic nitrogens is 3. The number of fused-ring (bicyclic) bond motifs is 5. The van der Waals surface area contributed by atoms with E-state index in [2.05, 4.69) is 132 Å². The van der Waals surface area contributed by atoms with Gasteiger partial charge in [-0.2, -0.15) is 0 Å². The molecule has 1 saturated carbocycles. The van der Waals surface area contributed by atoms with E-state index in [1.165, 1.54) is 52.6 Å². The normalized spacial score (nSPS) is 14.1. The Labute approximate surface area is 293 Å². The van der Waals surface area contributed by atoms with Crippen molar-refractivity contribution >= 4 is 5.69 Å². The molecular weight excluding hydrogens is 609 g/mol. The Kier molecular flexibility index (Phi) is 7.40. The van der Waals surface area contributed by atoms with Crippen molar-refractivity contribution in [3.05, 3.63) is 168 Å². The van der Waals surface area contributed by atoms with Crippen molar-refractivity contribution in [3.63, 3.8) is 0 Å². The average molecular weight is 643 g/mol. The first kappa shape index (κ1) is 29.9. The van der Waals surface area contributed by atoms with Crippen molar-refractivity contribution in [1.82, 2.24) is 15.0 Å². The molecule has 1 heterocycles. The highest BCUT2D eigenvalue weighted by Gasteiger charge is 2.43. The summed E-state index contributed by atoms with van der Waals surface area (Å²) in [5.41, 5.74) is 13.3. The van der Waals surface area contributed by atoms with Crippen LogP contribution in [0.3, 0.4) is 0 Å². The molecule has 0 N–H and O–H groups in total. The lowest BCUT2D eigenvalue weighted by molar-refractivity contribution is 0.353. The highest BCUT2D eigenvalue weighted by molar-refractivity contribution is 5.86. The molecule has 0 radical (unpaired) electrons. The first-order valence-electron chi connectivity index (χ1n) is 17.4. The molecule has 0 amide bonds. The van der Waals surface area contributed by atoms with Gasteiger partial charge in [-0.25, -0.2) is 19.8 Å². The van der Waals surface area contributed by atoms with E-state index in [-0.39, 0.29) is 5.41 Å². The lowest BCUT2D eigenvalue weighted by atomic mass is 9.67. The third-order valence-electron chi connectivity index (χ3n) is 10.6. The fraction of sp³-hybridized carbons (Fsp3) is 0.130. The molecule has 238 valence electrons. The fourth-order valence-electron chi connectivity index (χ4n) is 8.04. The summed E-state index contributed by atoms with van der Waals surface area (Å²) in [6, 6.07) is 50.8. The zero-order valence-electron chi connectivity index (χ0n) is 27.7. The van der Waals surface area contributed by atoms with Gasteiger partial charge in [-0.3, -0.25) is 0 Å². The maximum absolute atomic E-state index is 7.67. The minimum Gasteiger partial charge on any atom is -0.238 e. The van der Waals surface area contributed by atoms with Crippen molar-refractivity contribution in [1.29, 1.82) is 0 Å². The Bertz CT molecular complexity index is 2280. The van der Waals surface area contributed by atoms with E-state index in [0.29, 0.717) is 23.2 Å². The van der Waals surface area contributed by atoms with Crippen LogP contribution in [0.2, 0.25) is 0 Å². The Hall–Kier alpha value is -6.18. The highest BCUT2D eigenvalue weighted by Crippen LogP contribution is 2.57. The predicted octanol–water partition coefficient (Wildman–Crippen LogP) is 12.0. The third kappa shape index (κ3) is 5.19. The minimum atomic E-state index is -0.0429. The van der Waals surface area contributed by atoms with Gasteiger partial charge in [0.15, 0.2) is 23.2 Å². The van der Waals surface area contributed by atoms with Gasteiger partial charge in [0.05, 0.1) is 6.57 Å². The van der Waals surface area contributed by atoms with Crippen LogP contribution < -0.4 is 0 Å². The Morgan fingerprint density at radius 1 is 0.420 bits per heavy atom. The summed E-state index contributed by atoms with van der Waals surface area (Å²) in [5, 5.41) is 0. The molecule has 1 fully saturated rings. The first-order chi connectivity index (χ1) is 24.7. The molecule has 0 unspecified atom stereocenters. The van der Waals surface area contributed by atoms with Gasteiger partial charge >= 0.3 is 0 Å². The van der Waals surface area contributed by atoms with Crippen LogP contribution >= 0.6 is 0 Å². The largest absolute Gasteiger partial charge is 0.238 e. The predicted molar refractivity (Wildman–Crippen MR) is 203 cm³/mol. The van der Waals surface area contributed by atoms with Crippen molar-refractivity contribution in [3.8, 4) is 67.5 Å². The van der Waals surface area contributed by atoms with Crippen LogP contribution in [0.5, 0.6) is 0 Å². The van der Waals surface area contributed by atoms with E-state index in [4.69, 9.17) is 21.5 Å². The van der Waals surface area contributed by atoms with Gasteiger partial charge in [0, 0.05) is 22.1 Å². The molecule has 1 aromatic heterocycles. The molecule has 1 spiro atoms. The van der Waals surface area contributed by atoms with E-state index in [1.807, 2.05) is 18.2 Å². The van der Waals surface area contributed by atoms with Gasteiger partial charge < -0.3 is 0 Å². The summed E-state index contributed by atoms with van der Waals surface area (Å²) in [4.78, 5) is 19.1. The van der Waals surface area contributed by atoms with Crippen molar-refractivity contribution in [2.24, 2.45) is 0 Å². The topological polar surface area (TPSA) is 43.0 Å². The van der Waals surface area contributed by atoms with E-state index < -0.39 is 0 Å². The van der Waals surface area contributed by atoms with Crippen LogP contribution in [0.15, 0.2) is 146 Å². The molecule has 6 aromatic carbocycles. The summed E-state index contributed by atoms with van der Waals surface area (Å²) >= 11 is 0. The molecule has 50 heavy (non-hydrogen) atoms. The summed E-state index contributed by atoms with van der Waals surface area (Å²) in [6.07, 6.45) is 5.89. The van der Waals surface area contributed by atoms with E-state index >= 15 is 0 Å². The van der Waals surface area contributed by atoms with E-state index in [9.17, 15) is 0 Å². The molecule has 0 bridgehead atoms. The lowest BCUT2D eigenvalue weighted by Crippen LogP contribution is -2.28. The Morgan fingerprint density at radius 3 is 1.44 bits per heavy atom. The summed E-state index contributed by atoms with van der Waals surface area (Å²) in [5.74, 6) is 1.96. The maximum Gasteiger partial charge on any atom is 0.187 e. The van der Waals surface area contributed by atoms with Gasteiger partial charge in [0.25, 0.3) is 0 Å². The standard InChI is InChI=1S/C46H34N4/c1-47-38-24-26-41-40(30-38)39-25-23-37(29-42(39)46(41)27-9-4-10-28-46)45-49-43(35-19-15-33(16-20-35)31-11-5-2-6-12-31)48-44(50-45)36-21-17-34(18-22-36)32-13-7-3-8-14-32/h2-3,5-8,11-26,29-30H,4,9-10,27-28H2. The minimum absolute atomic E-state index is 0.0429. The molecule has 4 nitrogen and oxygen atoms in total. The summed E-state index contributed by atoms with van der Waals surface area (Å²) in [6.45, 7) is 7.67. The van der Waals surface area contributed by atoms with Crippen molar-refractivity contribution in [2.75, 3.05) is 0 Å². The van der Waals surface area contributed by atoms with Gasteiger partial charge in [0.2, 0.25) is 0 Å². The Balaban J connectivity index is 1.17. The van der Waals surface area contributed by atoms with E-state index in [1.54, 1.807) is 0 Å². The molecule has 7 aromatic rings. The van der Waals surface area contributed by atoms with Crippen molar-refractivity contribution in [2.45, 2.75) is 37.5 Å². The highest BCUT2D eigenvalue weighted by atomic mass is 15.0. The number of benzene rings is 6. The lowest BCUT2D eigenvalue weighted by Gasteiger charge is -2.36.